The Labute approximate surface area is 123 Å². The summed E-state index contributed by atoms with van der Waals surface area (Å²) >= 11 is 12.0. The topological polar surface area (TPSA) is 17.8 Å². The molecule has 0 atom stereocenters. The van der Waals surface area contributed by atoms with Gasteiger partial charge in [0, 0.05) is 23.9 Å². The Morgan fingerprint density at radius 2 is 2.05 bits per heavy atom. The second-order valence-electron chi connectivity index (χ2n) is 5.36. The highest BCUT2D eigenvalue weighted by atomic mass is 35.5. The number of hydrogen-bond acceptors (Lipinski definition) is 1. The van der Waals surface area contributed by atoms with E-state index >= 15 is 0 Å². The van der Waals surface area contributed by atoms with E-state index in [9.17, 15) is 0 Å². The molecule has 3 rings (SSSR count). The van der Waals surface area contributed by atoms with Crippen molar-refractivity contribution in [3.63, 3.8) is 0 Å². The highest BCUT2D eigenvalue weighted by Crippen LogP contribution is 2.29. The summed E-state index contributed by atoms with van der Waals surface area (Å²) in [5.74, 6) is 2.49. The zero-order valence-corrected chi connectivity index (χ0v) is 12.4. The van der Waals surface area contributed by atoms with Crippen LogP contribution in [0.15, 0.2) is 18.2 Å². The zero-order valence-electron chi connectivity index (χ0n) is 10.9. The van der Waals surface area contributed by atoms with Crippen LogP contribution >= 0.6 is 23.2 Å². The minimum atomic E-state index is 0.613. The molecular formula is C15H18Cl2N2. The van der Waals surface area contributed by atoms with Crippen LogP contribution in [-0.4, -0.2) is 15.4 Å². The molecule has 0 aliphatic heterocycles. The number of alkyl halides is 1. The first kappa shape index (κ1) is 13.3. The molecule has 4 heteroatoms. The number of fused-ring (bicyclic) bond motifs is 1. The summed E-state index contributed by atoms with van der Waals surface area (Å²) in [6.45, 7) is 1.06. The van der Waals surface area contributed by atoms with Crippen LogP contribution in [0.2, 0.25) is 5.02 Å². The minimum Gasteiger partial charge on any atom is -0.328 e. The SMILES string of the molecule is ClCCc1nc2ccc(Cl)cc2n1CC1CCCC1. The second-order valence-corrected chi connectivity index (χ2v) is 6.18. The summed E-state index contributed by atoms with van der Waals surface area (Å²) in [7, 11) is 0. The summed E-state index contributed by atoms with van der Waals surface area (Å²) in [6.07, 6.45) is 6.22. The molecule has 1 aliphatic carbocycles. The Morgan fingerprint density at radius 3 is 2.79 bits per heavy atom. The van der Waals surface area contributed by atoms with Crippen molar-refractivity contribution in [1.29, 1.82) is 0 Å². The van der Waals surface area contributed by atoms with Gasteiger partial charge in [0.2, 0.25) is 0 Å². The number of benzene rings is 1. The lowest BCUT2D eigenvalue weighted by molar-refractivity contribution is 0.455. The lowest BCUT2D eigenvalue weighted by Gasteiger charge is -2.13. The molecule has 0 unspecified atom stereocenters. The fourth-order valence-corrected chi connectivity index (χ4v) is 3.41. The molecule has 2 aromatic rings. The molecule has 0 radical (unpaired) electrons. The Hall–Kier alpha value is -0.730. The van der Waals surface area contributed by atoms with E-state index in [1.54, 1.807) is 0 Å². The summed E-state index contributed by atoms with van der Waals surface area (Å²) in [6, 6.07) is 5.93. The van der Waals surface area contributed by atoms with E-state index in [0.29, 0.717) is 5.88 Å². The van der Waals surface area contributed by atoms with Crippen LogP contribution in [-0.2, 0) is 13.0 Å². The molecule has 1 aromatic heterocycles. The maximum absolute atomic E-state index is 6.13. The van der Waals surface area contributed by atoms with Crippen molar-refractivity contribution in [3.05, 3.63) is 29.0 Å². The molecule has 19 heavy (non-hydrogen) atoms. The van der Waals surface area contributed by atoms with E-state index in [2.05, 4.69) is 4.57 Å². The Kier molecular flexibility index (Phi) is 3.99. The molecule has 1 heterocycles. The first-order valence-electron chi connectivity index (χ1n) is 6.98. The molecule has 0 spiro atoms. The summed E-state index contributed by atoms with van der Waals surface area (Å²) in [5, 5.41) is 0.775. The zero-order chi connectivity index (χ0) is 13.2. The van der Waals surface area contributed by atoms with Crippen LogP contribution in [0.25, 0.3) is 11.0 Å². The van der Waals surface area contributed by atoms with Crippen molar-refractivity contribution in [2.45, 2.75) is 38.6 Å². The number of hydrogen-bond donors (Lipinski definition) is 0. The van der Waals surface area contributed by atoms with Gasteiger partial charge in [-0.25, -0.2) is 4.98 Å². The van der Waals surface area contributed by atoms with Crippen molar-refractivity contribution in [2.75, 3.05) is 5.88 Å². The molecule has 1 saturated carbocycles. The molecule has 1 aromatic carbocycles. The van der Waals surface area contributed by atoms with E-state index in [4.69, 9.17) is 28.2 Å². The summed E-state index contributed by atoms with van der Waals surface area (Å²) in [4.78, 5) is 4.71. The smallest absolute Gasteiger partial charge is 0.111 e. The van der Waals surface area contributed by atoms with Gasteiger partial charge in [0.15, 0.2) is 0 Å². The molecule has 0 saturated heterocycles. The quantitative estimate of drug-likeness (QED) is 0.750. The number of halogens is 2. The predicted molar refractivity (Wildman–Crippen MR) is 81.1 cm³/mol. The number of aromatic nitrogens is 2. The molecule has 1 fully saturated rings. The van der Waals surface area contributed by atoms with Crippen molar-refractivity contribution in [2.24, 2.45) is 5.92 Å². The van der Waals surface area contributed by atoms with Gasteiger partial charge in [-0.2, -0.15) is 0 Å². The molecule has 0 N–H and O–H groups in total. The Bertz CT molecular complexity index is 571. The van der Waals surface area contributed by atoms with Gasteiger partial charge in [0.1, 0.15) is 5.82 Å². The summed E-state index contributed by atoms with van der Waals surface area (Å²) in [5.41, 5.74) is 2.18. The van der Waals surface area contributed by atoms with Crippen molar-refractivity contribution in [3.8, 4) is 0 Å². The Balaban J connectivity index is 2.01. The highest BCUT2D eigenvalue weighted by Gasteiger charge is 2.19. The lowest BCUT2D eigenvalue weighted by atomic mass is 10.1. The number of nitrogens with zero attached hydrogens (tertiary/aromatic N) is 2. The highest BCUT2D eigenvalue weighted by molar-refractivity contribution is 6.31. The van der Waals surface area contributed by atoms with E-state index < -0.39 is 0 Å². The third-order valence-electron chi connectivity index (χ3n) is 4.02. The maximum atomic E-state index is 6.13. The average molecular weight is 297 g/mol. The Morgan fingerprint density at radius 1 is 1.26 bits per heavy atom. The fourth-order valence-electron chi connectivity index (χ4n) is 3.08. The third-order valence-corrected chi connectivity index (χ3v) is 4.45. The maximum Gasteiger partial charge on any atom is 0.111 e. The molecule has 2 nitrogen and oxygen atoms in total. The van der Waals surface area contributed by atoms with Gasteiger partial charge in [-0.15, -0.1) is 11.6 Å². The average Bonchev–Trinajstić information content (AvgIpc) is 3.00. The third kappa shape index (κ3) is 2.75. The van der Waals surface area contributed by atoms with Gasteiger partial charge in [-0.05, 0) is 37.0 Å². The first-order chi connectivity index (χ1) is 9.28. The molecule has 0 bridgehead atoms. The van der Waals surface area contributed by atoms with Crippen LogP contribution in [0.5, 0.6) is 0 Å². The van der Waals surface area contributed by atoms with Gasteiger partial charge in [0.25, 0.3) is 0 Å². The predicted octanol–water partition coefficient (Wildman–Crippen LogP) is 4.66. The fraction of sp³-hybridized carbons (Fsp3) is 0.533. The molecule has 0 amide bonds. The molecule has 102 valence electrons. The lowest BCUT2D eigenvalue weighted by Crippen LogP contribution is -2.11. The second kappa shape index (κ2) is 5.72. The van der Waals surface area contributed by atoms with E-state index in [1.165, 1.54) is 25.7 Å². The van der Waals surface area contributed by atoms with Gasteiger partial charge in [-0.1, -0.05) is 24.4 Å². The minimum absolute atomic E-state index is 0.613. The van der Waals surface area contributed by atoms with Crippen molar-refractivity contribution >= 4 is 34.2 Å². The van der Waals surface area contributed by atoms with E-state index in [-0.39, 0.29) is 0 Å². The van der Waals surface area contributed by atoms with Gasteiger partial charge in [0.05, 0.1) is 11.0 Å². The summed E-state index contributed by atoms with van der Waals surface area (Å²) < 4.78 is 2.33. The molecular weight excluding hydrogens is 279 g/mol. The van der Waals surface area contributed by atoms with E-state index in [0.717, 1.165) is 40.8 Å². The first-order valence-corrected chi connectivity index (χ1v) is 7.90. The monoisotopic (exact) mass is 296 g/mol. The number of imidazole rings is 1. The van der Waals surface area contributed by atoms with Gasteiger partial charge in [-0.3, -0.25) is 0 Å². The van der Waals surface area contributed by atoms with Crippen LogP contribution in [0, 0.1) is 5.92 Å². The standard InChI is InChI=1S/C15H18Cl2N2/c16-8-7-15-18-13-6-5-12(17)9-14(13)19(15)10-11-3-1-2-4-11/h5-6,9,11H,1-4,7-8,10H2. The number of rotatable bonds is 4. The van der Waals surface area contributed by atoms with Crippen LogP contribution in [0.4, 0.5) is 0 Å². The normalized spacial score (nSPS) is 16.5. The van der Waals surface area contributed by atoms with Gasteiger partial charge < -0.3 is 4.57 Å². The van der Waals surface area contributed by atoms with Crippen molar-refractivity contribution in [1.82, 2.24) is 9.55 Å². The van der Waals surface area contributed by atoms with Crippen LogP contribution in [0.1, 0.15) is 31.5 Å². The van der Waals surface area contributed by atoms with Crippen LogP contribution < -0.4 is 0 Å². The number of aryl methyl sites for hydroxylation is 1. The van der Waals surface area contributed by atoms with Gasteiger partial charge >= 0.3 is 0 Å². The molecule has 1 aliphatic rings. The van der Waals surface area contributed by atoms with Crippen molar-refractivity contribution < 1.29 is 0 Å². The van der Waals surface area contributed by atoms with E-state index in [1.807, 2.05) is 18.2 Å². The largest absolute Gasteiger partial charge is 0.328 e. The van der Waals surface area contributed by atoms with Crippen LogP contribution in [0.3, 0.4) is 0 Å².